The molecule has 1 aliphatic rings. The van der Waals surface area contributed by atoms with Gasteiger partial charge in [0, 0.05) is 12.7 Å². The molecule has 0 aromatic heterocycles. The van der Waals surface area contributed by atoms with Crippen molar-refractivity contribution in [3.05, 3.63) is 70.6 Å². The molecule has 2 aromatic carbocycles. The smallest absolute Gasteiger partial charge is 0.0372 e. The zero-order valence-electron chi connectivity index (χ0n) is 10.7. The fourth-order valence-electron chi connectivity index (χ4n) is 2.07. The third-order valence-electron chi connectivity index (χ3n) is 2.99. The van der Waals surface area contributed by atoms with Crippen molar-refractivity contribution in [2.24, 2.45) is 0 Å². The predicted molar refractivity (Wildman–Crippen MR) is 75.0 cm³/mol. The number of hydrogen-bond acceptors (Lipinski definition) is 1. The van der Waals surface area contributed by atoms with Gasteiger partial charge in [0.1, 0.15) is 0 Å². The largest absolute Gasteiger partial charge is 0.0939 e. The Morgan fingerprint density at radius 1 is 1.00 bits per heavy atom. The lowest BCUT2D eigenvalue weighted by atomic mass is 10.1. The quantitative estimate of drug-likeness (QED) is 0.727. The highest BCUT2D eigenvalue weighted by Crippen LogP contribution is 2.41. The second kappa shape index (κ2) is 4.42. The molecular formula is C16H14S. The Balaban J connectivity index is 1.98. The van der Waals surface area contributed by atoms with Crippen molar-refractivity contribution in [1.29, 1.82) is 0 Å². The molecule has 0 fully saturated rings. The third-order valence-corrected chi connectivity index (χ3v) is 4.14. The molecule has 2 aromatic rings. The van der Waals surface area contributed by atoms with E-state index in [0.717, 1.165) is 10.5 Å². The van der Waals surface area contributed by atoms with E-state index in [-0.39, 0.29) is 6.40 Å². The molecule has 3 rings (SSSR count). The number of benzene rings is 2. The molecule has 17 heavy (non-hydrogen) atoms. The first-order valence-electron chi connectivity index (χ1n) is 6.30. The van der Waals surface area contributed by atoms with Gasteiger partial charge in [-0.15, -0.1) is 0 Å². The third kappa shape index (κ3) is 2.03. The summed E-state index contributed by atoms with van der Waals surface area (Å²) in [7, 11) is 0. The Kier molecular flexibility index (Phi) is 2.48. The van der Waals surface area contributed by atoms with Crippen LogP contribution in [0.15, 0.2) is 64.4 Å². The van der Waals surface area contributed by atoms with Crippen LogP contribution in [-0.2, 0) is 6.40 Å². The van der Waals surface area contributed by atoms with Crippen LogP contribution < -0.4 is 0 Å². The summed E-state index contributed by atoms with van der Waals surface area (Å²) in [5.41, 5.74) is 3.61. The highest BCUT2D eigenvalue weighted by Gasteiger charge is 2.18. The second-order valence-corrected chi connectivity index (χ2v) is 5.25. The van der Waals surface area contributed by atoms with Crippen LogP contribution >= 0.6 is 11.8 Å². The van der Waals surface area contributed by atoms with Crippen molar-refractivity contribution in [2.75, 3.05) is 0 Å². The molecule has 0 saturated heterocycles. The molecule has 0 spiro atoms. The van der Waals surface area contributed by atoms with Gasteiger partial charge in [0.25, 0.3) is 0 Å². The average molecular weight is 239 g/mol. The Hall–Kier alpha value is -1.47. The van der Waals surface area contributed by atoms with Gasteiger partial charge in [0.2, 0.25) is 0 Å². The number of fused-ring (bicyclic) bond motifs is 1. The molecule has 1 aliphatic carbocycles. The van der Waals surface area contributed by atoms with E-state index in [1.165, 1.54) is 16.0 Å². The molecule has 0 saturated carbocycles. The van der Waals surface area contributed by atoms with Crippen molar-refractivity contribution in [2.45, 2.75) is 18.2 Å². The van der Waals surface area contributed by atoms with Gasteiger partial charge < -0.3 is 0 Å². The van der Waals surface area contributed by atoms with E-state index in [0.29, 0.717) is 0 Å². The molecule has 0 heterocycles. The summed E-state index contributed by atoms with van der Waals surface area (Å²) < 4.78 is 8.37. The summed E-state index contributed by atoms with van der Waals surface area (Å²) >= 11 is 1.72. The molecular weight excluding hydrogens is 224 g/mol. The van der Waals surface area contributed by atoms with E-state index in [9.17, 15) is 0 Å². The van der Waals surface area contributed by atoms with Crippen molar-refractivity contribution < 1.29 is 1.37 Å². The summed E-state index contributed by atoms with van der Waals surface area (Å²) in [5.74, 6) is 0. The van der Waals surface area contributed by atoms with E-state index in [2.05, 4.69) is 31.2 Å². The fraction of sp³-hybridized carbons (Fsp3) is 0.125. The number of rotatable bonds is 2. The lowest BCUT2D eigenvalue weighted by Crippen LogP contribution is -1.81. The van der Waals surface area contributed by atoms with Crippen LogP contribution in [0, 0.1) is 0 Å². The minimum Gasteiger partial charge on any atom is -0.0939 e. The van der Waals surface area contributed by atoms with E-state index in [1.807, 2.05) is 30.3 Å². The van der Waals surface area contributed by atoms with Crippen molar-refractivity contribution in [3.63, 3.8) is 0 Å². The maximum atomic E-state index is 8.37. The molecule has 1 heteroatoms. The van der Waals surface area contributed by atoms with E-state index in [1.54, 1.807) is 11.8 Å². The van der Waals surface area contributed by atoms with Crippen LogP contribution in [0.3, 0.4) is 0 Å². The molecule has 0 amide bonds. The zero-order valence-corrected chi connectivity index (χ0v) is 10.5. The van der Waals surface area contributed by atoms with E-state index >= 15 is 0 Å². The SMILES string of the molecule is [2H]C1C(Sc2ccccc2)=C(C)c2ccccc21. The van der Waals surface area contributed by atoms with Crippen LogP contribution in [0.25, 0.3) is 5.57 Å². The summed E-state index contributed by atoms with van der Waals surface area (Å²) in [6.07, 6.45) is -0.230. The van der Waals surface area contributed by atoms with Crippen molar-refractivity contribution in [1.82, 2.24) is 0 Å². The van der Waals surface area contributed by atoms with Gasteiger partial charge in [-0.2, -0.15) is 0 Å². The molecule has 0 N–H and O–H groups in total. The van der Waals surface area contributed by atoms with Gasteiger partial charge in [-0.1, -0.05) is 54.2 Å². The standard InChI is InChI=1S/C16H14S/c1-12-15-10-6-5-7-13(15)11-16(12)17-14-8-3-2-4-9-14/h2-10H,11H2,1H3/i11D. The van der Waals surface area contributed by atoms with Crippen molar-refractivity contribution in [3.8, 4) is 0 Å². The molecule has 84 valence electrons. The van der Waals surface area contributed by atoms with Gasteiger partial charge in [-0.25, -0.2) is 0 Å². The van der Waals surface area contributed by atoms with Crippen LogP contribution in [0.2, 0.25) is 0 Å². The Morgan fingerprint density at radius 2 is 1.71 bits per heavy atom. The van der Waals surface area contributed by atoms with Crippen LogP contribution in [0.1, 0.15) is 19.4 Å². The first kappa shape index (κ1) is 9.55. The maximum Gasteiger partial charge on any atom is 0.0372 e. The zero-order chi connectivity index (χ0) is 12.5. The minimum atomic E-state index is -0.230. The van der Waals surface area contributed by atoms with Gasteiger partial charge in [0.05, 0.1) is 0 Å². The summed E-state index contributed by atoms with van der Waals surface area (Å²) in [4.78, 5) is 2.36. The van der Waals surface area contributed by atoms with Crippen LogP contribution in [0.4, 0.5) is 0 Å². The lowest BCUT2D eigenvalue weighted by molar-refractivity contribution is 1.29. The highest BCUT2D eigenvalue weighted by atomic mass is 32.2. The van der Waals surface area contributed by atoms with Gasteiger partial charge in [-0.3, -0.25) is 0 Å². The minimum absolute atomic E-state index is 0.230. The van der Waals surface area contributed by atoms with Gasteiger partial charge in [0.15, 0.2) is 0 Å². The Bertz CT molecular complexity index is 602. The first-order chi connectivity index (χ1) is 8.77. The highest BCUT2D eigenvalue weighted by molar-refractivity contribution is 8.03. The predicted octanol–water partition coefficient (Wildman–Crippen LogP) is 4.77. The van der Waals surface area contributed by atoms with E-state index < -0.39 is 0 Å². The molecule has 0 radical (unpaired) electrons. The monoisotopic (exact) mass is 239 g/mol. The molecule has 0 nitrogen and oxygen atoms in total. The fourth-order valence-corrected chi connectivity index (χ4v) is 3.06. The normalized spacial score (nSPS) is 19.1. The summed E-state index contributed by atoms with van der Waals surface area (Å²) in [6, 6.07) is 18.5. The summed E-state index contributed by atoms with van der Waals surface area (Å²) in [6.45, 7) is 2.12. The maximum absolute atomic E-state index is 8.37. The molecule has 1 atom stereocenters. The number of hydrogen-bond donors (Lipinski definition) is 0. The van der Waals surface area contributed by atoms with Crippen LogP contribution in [-0.4, -0.2) is 0 Å². The lowest BCUT2D eigenvalue weighted by Gasteiger charge is -2.03. The van der Waals surface area contributed by atoms with Gasteiger partial charge >= 0.3 is 0 Å². The topological polar surface area (TPSA) is 0 Å². The Labute approximate surface area is 108 Å². The van der Waals surface area contributed by atoms with Gasteiger partial charge in [-0.05, 0) is 40.7 Å². The first-order valence-corrected chi connectivity index (χ1v) is 6.54. The van der Waals surface area contributed by atoms with Crippen LogP contribution in [0.5, 0.6) is 0 Å². The molecule has 0 bridgehead atoms. The van der Waals surface area contributed by atoms with E-state index in [4.69, 9.17) is 1.37 Å². The molecule has 1 unspecified atom stereocenters. The summed E-state index contributed by atoms with van der Waals surface area (Å²) in [5, 5.41) is 0. The molecule has 0 aliphatic heterocycles. The average Bonchev–Trinajstić information content (AvgIpc) is 2.66. The number of allylic oxidation sites excluding steroid dienone is 2. The Morgan fingerprint density at radius 3 is 2.47 bits per heavy atom. The van der Waals surface area contributed by atoms with Crippen molar-refractivity contribution >= 4 is 17.3 Å². The second-order valence-electron chi connectivity index (χ2n) is 4.14. The number of thioether (sulfide) groups is 1.